The van der Waals surface area contributed by atoms with Crippen LogP contribution >= 0.6 is 0 Å². The largest absolute Gasteiger partial charge is 0.493 e. The number of hydrogen-bond donors (Lipinski definition) is 1. The highest BCUT2D eigenvalue weighted by atomic mass is 16.5. The maximum atomic E-state index is 10.8. The number of aryl methyl sites for hydroxylation is 1. The smallest absolute Gasteiger partial charge is 0.307 e. The maximum Gasteiger partial charge on any atom is 0.307 e. The zero-order valence-corrected chi connectivity index (χ0v) is 12.8. The van der Waals surface area contributed by atoms with Crippen LogP contribution in [-0.2, 0) is 11.2 Å². The lowest BCUT2D eigenvalue weighted by atomic mass is 10.1. The van der Waals surface area contributed by atoms with E-state index in [1.807, 2.05) is 25.1 Å². The van der Waals surface area contributed by atoms with Crippen molar-refractivity contribution in [2.45, 2.75) is 13.3 Å². The number of rotatable bonds is 6. The van der Waals surface area contributed by atoms with E-state index in [1.165, 1.54) is 7.11 Å². The van der Waals surface area contributed by atoms with Gasteiger partial charge in [-0.15, -0.1) is 0 Å². The molecule has 0 aliphatic heterocycles. The van der Waals surface area contributed by atoms with Gasteiger partial charge in [0.15, 0.2) is 23.0 Å². The van der Waals surface area contributed by atoms with Crippen LogP contribution in [0.2, 0.25) is 0 Å². The lowest BCUT2D eigenvalue weighted by molar-refractivity contribution is -0.136. The van der Waals surface area contributed by atoms with Crippen molar-refractivity contribution in [2.24, 2.45) is 0 Å². The fourth-order valence-corrected chi connectivity index (χ4v) is 2.06. The molecule has 0 heterocycles. The normalized spacial score (nSPS) is 10.1. The molecule has 0 aliphatic rings. The first kappa shape index (κ1) is 15.7. The highest BCUT2D eigenvalue weighted by Gasteiger charge is 2.12. The van der Waals surface area contributed by atoms with Gasteiger partial charge in [0.2, 0.25) is 0 Å². The summed E-state index contributed by atoms with van der Waals surface area (Å²) in [5.41, 5.74) is 1.69. The van der Waals surface area contributed by atoms with Crippen molar-refractivity contribution in [2.75, 3.05) is 14.2 Å². The van der Waals surface area contributed by atoms with E-state index in [2.05, 4.69) is 0 Å². The molecular weight excluding hydrogens is 284 g/mol. The Morgan fingerprint density at radius 2 is 1.64 bits per heavy atom. The third kappa shape index (κ3) is 3.69. The molecule has 0 fully saturated rings. The Kier molecular flexibility index (Phi) is 4.88. The molecule has 2 rings (SSSR count). The molecule has 1 N–H and O–H groups in total. The minimum absolute atomic E-state index is 0.0651. The second kappa shape index (κ2) is 6.85. The van der Waals surface area contributed by atoms with Crippen LogP contribution in [0, 0.1) is 6.92 Å². The molecule has 0 aliphatic carbocycles. The van der Waals surface area contributed by atoms with Gasteiger partial charge in [-0.3, -0.25) is 4.79 Å². The van der Waals surface area contributed by atoms with Gasteiger partial charge in [-0.25, -0.2) is 0 Å². The Bertz CT molecular complexity index is 679. The fourth-order valence-electron chi connectivity index (χ4n) is 2.06. The van der Waals surface area contributed by atoms with E-state index in [0.29, 0.717) is 28.6 Å². The van der Waals surface area contributed by atoms with E-state index >= 15 is 0 Å². The zero-order valence-electron chi connectivity index (χ0n) is 12.8. The molecule has 0 saturated heterocycles. The summed E-state index contributed by atoms with van der Waals surface area (Å²) in [6.45, 7) is 1.96. The average Bonchev–Trinajstić information content (AvgIpc) is 2.48. The highest BCUT2D eigenvalue weighted by molar-refractivity contribution is 5.70. The van der Waals surface area contributed by atoms with Crippen molar-refractivity contribution in [3.8, 4) is 23.0 Å². The van der Waals surface area contributed by atoms with Crippen molar-refractivity contribution in [3.63, 3.8) is 0 Å². The quantitative estimate of drug-likeness (QED) is 0.885. The van der Waals surface area contributed by atoms with Gasteiger partial charge in [0.05, 0.1) is 20.6 Å². The van der Waals surface area contributed by atoms with Gasteiger partial charge in [-0.2, -0.15) is 0 Å². The first-order valence-electron chi connectivity index (χ1n) is 6.74. The second-order valence-electron chi connectivity index (χ2n) is 4.81. The molecule has 0 bridgehead atoms. The Balaban J connectivity index is 2.33. The van der Waals surface area contributed by atoms with Crippen LogP contribution in [0.3, 0.4) is 0 Å². The number of carboxylic acid groups (broad SMARTS) is 1. The minimum atomic E-state index is -0.893. The number of aliphatic carboxylic acids is 1. The van der Waals surface area contributed by atoms with Crippen molar-refractivity contribution in [3.05, 3.63) is 47.5 Å². The molecule has 0 spiro atoms. The van der Waals surface area contributed by atoms with Crippen LogP contribution in [0.4, 0.5) is 0 Å². The number of hydrogen-bond acceptors (Lipinski definition) is 4. The summed E-state index contributed by atoms with van der Waals surface area (Å²) >= 11 is 0. The summed E-state index contributed by atoms with van der Waals surface area (Å²) in [5, 5.41) is 8.85. The molecule has 22 heavy (non-hydrogen) atoms. The predicted molar refractivity (Wildman–Crippen MR) is 82.1 cm³/mol. The molecule has 2 aromatic carbocycles. The van der Waals surface area contributed by atoms with Crippen LogP contribution in [0.25, 0.3) is 0 Å². The SMILES string of the molecule is COc1cc(CC(=O)O)ccc1Oc1cc(C)ccc1OC. The number of ether oxygens (including phenoxy) is 3. The molecular formula is C17H18O5. The van der Waals surface area contributed by atoms with Crippen molar-refractivity contribution < 1.29 is 24.1 Å². The van der Waals surface area contributed by atoms with E-state index < -0.39 is 5.97 Å². The molecule has 2 aromatic rings. The minimum Gasteiger partial charge on any atom is -0.493 e. The number of carbonyl (C=O) groups is 1. The standard InChI is InChI=1S/C17H18O5/c1-11-4-6-13(20-2)16(8-11)22-14-7-5-12(10-17(18)19)9-15(14)21-3/h4-9H,10H2,1-3H3,(H,18,19). The Hall–Kier alpha value is -2.69. The summed E-state index contributed by atoms with van der Waals surface area (Å²) in [7, 11) is 3.09. The summed E-state index contributed by atoms with van der Waals surface area (Å²) in [5.74, 6) is 1.27. The third-order valence-electron chi connectivity index (χ3n) is 3.12. The molecule has 0 amide bonds. The molecule has 5 heteroatoms. The monoisotopic (exact) mass is 302 g/mol. The molecule has 116 valence electrons. The topological polar surface area (TPSA) is 65.0 Å². The maximum absolute atomic E-state index is 10.8. The lowest BCUT2D eigenvalue weighted by Gasteiger charge is -2.14. The van der Waals surface area contributed by atoms with Crippen LogP contribution in [0.1, 0.15) is 11.1 Å². The van der Waals surface area contributed by atoms with E-state index in [1.54, 1.807) is 25.3 Å². The van der Waals surface area contributed by atoms with Gasteiger partial charge in [0, 0.05) is 0 Å². The van der Waals surface area contributed by atoms with Crippen molar-refractivity contribution in [1.82, 2.24) is 0 Å². The van der Waals surface area contributed by atoms with Crippen LogP contribution in [0.5, 0.6) is 23.0 Å². The van der Waals surface area contributed by atoms with E-state index in [0.717, 1.165) is 5.56 Å². The molecule has 0 saturated carbocycles. The molecule has 0 atom stereocenters. The zero-order chi connectivity index (χ0) is 16.1. The van der Waals surface area contributed by atoms with E-state index in [-0.39, 0.29) is 6.42 Å². The van der Waals surface area contributed by atoms with Gasteiger partial charge in [0.25, 0.3) is 0 Å². The van der Waals surface area contributed by atoms with Crippen LogP contribution in [-0.4, -0.2) is 25.3 Å². The first-order chi connectivity index (χ1) is 10.5. The lowest BCUT2D eigenvalue weighted by Crippen LogP contribution is -2.01. The Morgan fingerprint density at radius 3 is 2.27 bits per heavy atom. The Morgan fingerprint density at radius 1 is 0.955 bits per heavy atom. The Labute approximate surface area is 129 Å². The van der Waals surface area contributed by atoms with E-state index in [4.69, 9.17) is 19.3 Å². The summed E-state index contributed by atoms with van der Waals surface area (Å²) in [6, 6.07) is 10.7. The third-order valence-corrected chi connectivity index (χ3v) is 3.12. The van der Waals surface area contributed by atoms with Gasteiger partial charge in [-0.1, -0.05) is 12.1 Å². The second-order valence-corrected chi connectivity index (χ2v) is 4.81. The summed E-state index contributed by atoms with van der Waals surface area (Å²) in [4.78, 5) is 10.8. The molecule has 0 radical (unpaired) electrons. The molecule has 0 aromatic heterocycles. The van der Waals surface area contributed by atoms with Gasteiger partial charge in [0.1, 0.15) is 0 Å². The number of benzene rings is 2. The molecule has 0 unspecified atom stereocenters. The highest BCUT2D eigenvalue weighted by Crippen LogP contribution is 2.37. The predicted octanol–water partition coefficient (Wildman–Crippen LogP) is 3.43. The molecule has 5 nitrogen and oxygen atoms in total. The van der Waals surface area contributed by atoms with Crippen molar-refractivity contribution in [1.29, 1.82) is 0 Å². The number of methoxy groups -OCH3 is 2. The van der Waals surface area contributed by atoms with Crippen LogP contribution < -0.4 is 14.2 Å². The van der Waals surface area contributed by atoms with Gasteiger partial charge < -0.3 is 19.3 Å². The van der Waals surface area contributed by atoms with Crippen molar-refractivity contribution >= 4 is 5.97 Å². The fraction of sp³-hybridized carbons (Fsp3) is 0.235. The van der Waals surface area contributed by atoms with Crippen LogP contribution in [0.15, 0.2) is 36.4 Å². The number of carboxylic acids is 1. The summed E-state index contributed by atoms with van der Waals surface area (Å²) in [6.07, 6.45) is -0.0651. The average molecular weight is 302 g/mol. The van der Waals surface area contributed by atoms with Gasteiger partial charge in [-0.05, 0) is 42.3 Å². The van der Waals surface area contributed by atoms with Gasteiger partial charge >= 0.3 is 5.97 Å². The summed E-state index contributed by atoms with van der Waals surface area (Å²) < 4.78 is 16.4. The first-order valence-corrected chi connectivity index (χ1v) is 6.74. The van der Waals surface area contributed by atoms with E-state index in [9.17, 15) is 4.79 Å².